The average Bonchev–Trinajstić information content (AvgIpc) is 2.59. The van der Waals surface area contributed by atoms with Gasteiger partial charge in [0.2, 0.25) is 0 Å². The molecule has 2 aromatic rings. The summed E-state index contributed by atoms with van der Waals surface area (Å²) in [5.41, 5.74) is 1.16. The molecule has 1 heterocycles. The number of phenolic OH excluding ortho intramolecular Hbond substituents is 1. The Morgan fingerprint density at radius 2 is 1.71 bits per heavy atom. The molecular weight excluding hydrogens is 304 g/mol. The molecule has 0 aliphatic heterocycles. The van der Waals surface area contributed by atoms with Crippen molar-refractivity contribution in [2.45, 2.75) is 44.2 Å². The first-order valence-corrected chi connectivity index (χ1v) is 8.47. The smallest absolute Gasteiger partial charge is 0.131 e. The monoisotopic (exact) mass is 328 g/mol. The lowest BCUT2D eigenvalue weighted by Gasteiger charge is -2.26. The van der Waals surface area contributed by atoms with E-state index in [0.717, 1.165) is 55.8 Å². The summed E-state index contributed by atoms with van der Waals surface area (Å²) in [6.45, 7) is 0.761. The van der Waals surface area contributed by atoms with Gasteiger partial charge >= 0.3 is 0 Å². The summed E-state index contributed by atoms with van der Waals surface area (Å²) in [6, 6.07) is 9.52. The van der Waals surface area contributed by atoms with Crippen LogP contribution >= 0.6 is 0 Å². The van der Waals surface area contributed by atoms with E-state index in [9.17, 15) is 10.2 Å². The zero-order chi connectivity index (χ0) is 16.8. The van der Waals surface area contributed by atoms with Crippen LogP contribution in [-0.4, -0.2) is 38.9 Å². The van der Waals surface area contributed by atoms with Crippen LogP contribution in [0.4, 0.5) is 11.6 Å². The van der Waals surface area contributed by atoms with Crippen LogP contribution in [0.25, 0.3) is 0 Å². The number of aliphatic hydroxyl groups is 1. The minimum absolute atomic E-state index is 0.148. The number of aromatic nitrogens is 2. The Labute approximate surface area is 142 Å². The SMILES string of the molecule is Oc1ccc(CCNc2cc(NC3CCC(O)CC3)ncn2)cc1. The maximum Gasteiger partial charge on any atom is 0.131 e. The first-order chi connectivity index (χ1) is 11.7. The Balaban J connectivity index is 1.48. The van der Waals surface area contributed by atoms with Crippen LogP contribution in [0, 0.1) is 0 Å². The molecule has 1 aromatic carbocycles. The molecule has 1 saturated carbocycles. The number of hydrogen-bond acceptors (Lipinski definition) is 6. The van der Waals surface area contributed by atoms with Gasteiger partial charge in [-0.25, -0.2) is 9.97 Å². The van der Waals surface area contributed by atoms with E-state index in [2.05, 4.69) is 20.6 Å². The summed E-state index contributed by atoms with van der Waals surface area (Å²) >= 11 is 0. The third kappa shape index (κ3) is 4.83. The van der Waals surface area contributed by atoms with Crippen molar-refractivity contribution in [3.05, 3.63) is 42.2 Å². The van der Waals surface area contributed by atoms with E-state index in [4.69, 9.17) is 0 Å². The summed E-state index contributed by atoms with van der Waals surface area (Å²) < 4.78 is 0. The molecule has 6 heteroatoms. The molecule has 3 rings (SSSR count). The molecule has 0 saturated heterocycles. The number of aromatic hydroxyl groups is 1. The van der Waals surface area contributed by atoms with Gasteiger partial charge in [0.15, 0.2) is 0 Å². The molecule has 0 amide bonds. The highest BCUT2D eigenvalue weighted by Gasteiger charge is 2.19. The molecule has 4 N–H and O–H groups in total. The molecule has 1 fully saturated rings. The Morgan fingerprint density at radius 1 is 1.00 bits per heavy atom. The minimum atomic E-state index is -0.148. The van der Waals surface area contributed by atoms with E-state index in [0.29, 0.717) is 6.04 Å². The fourth-order valence-electron chi connectivity index (χ4n) is 2.96. The van der Waals surface area contributed by atoms with Gasteiger partial charge in [-0.1, -0.05) is 12.1 Å². The van der Waals surface area contributed by atoms with Crippen molar-refractivity contribution in [3.8, 4) is 5.75 Å². The zero-order valence-electron chi connectivity index (χ0n) is 13.7. The van der Waals surface area contributed by atoms with Crippen LogP contribution in [0.5, 0.6) is 5.75 Å². The average molecular weight is 328 g/mol. The standard InChI is InChI=1S/C18H24N4O2/c23-15-5-1-13(2-6-15)9-10-19-17-11-18(21-12-20-17)22-14-3-7-16(24)8-4-14/h1-2,5-6,11-12,14,16,23-24H,3-4,7-10H2,(H2,19,20,21,22). The minimum Gasteiger partial charge on any atom is -0.508 e. The van der Waals surface area contributed by atoms with E-state index in [-0.39, 0.29) is 11.9 Å². The van der Waals surface area contributed by atoms with Crippen molar-refractivity contribution in [2.75, 3.05) is 17.2 Å². The fraction of sp³-hybridized carbons (Fsp3) is 0.444. The quantitative estimate of drug-likeness (QED) is 0.651. The fourth-order valence-corrected chi connectivity index (χ4v) is 2.96. The van der Waals surface area contributed by atoms with Gasteiger partial charge in [0.1, 0.15) is 23.7 Å². The molecule has 1 aliphatic carbocycles. The lowest BCUT2D eigenvalue weighted by molar-refractivity contribution is 0.126. The van der Waals surface area contributed by atoms with Gasteiger partial charge in [-0.2, -0.15) is 0 Å². The number of benzene rings is 1. The number of phenols is 1. The number of nitrogens with zero attached hydrogens (tertiary/aromatic N) is 2. The molecule has 24 heavy (non-hydrogen) atoms. The Kier molecular flexibility index (Phi) is 5.48. The molecular formula is C18H24N4O2. The first kappa shape index (κ1) is 16.5. The second-order valence-corrected chi connectivity index (χ2v) is 6.28. The van der Waals surface area contributed by atoms with Crippen LogP contribution in [0.3, 0.4) is 0 Å². The lowest BCUT2D eigenvalue weighted by Crippen LogP contribution is -2.28. The molecule has 1 aromatic heterocycles. The summed E-state index contributed by atoms with van der Waals surface area (Å²) in [6.07, 6.45) is 5.90. The number of hydrogen-bond donors (Lipinski definition) is 4. The molecule has 1 aliphatic rings. The van der Waals surface area contributed by atoms with Gasteiger partial charge in [-0.3, -0.25) is 0 Å². The predicted molar refractivity (Wildman–Crippen MR) is 94.2 cm³/mol. The van der Waals surface area contributed by atoms with Gasteiger partial charge in [-0.05, 0) is 49.8 Å². The van der Waals surface area contributed by atoms with Gasteiger partial charge in [0.25, 0.3) is 0 Å². The highest BCUT2D eigenvalue weighted by atomic mass is 16.3. The second-order valence-electron chi connectivity index (χ2n) is 6.28. The second kappa shape index (κ2) is 7.97. The molecule has 0 bridgehead atoms. The van der Waals surface area contributed by atoms with Crippen LogP contribution < -0.4 is 10.6 Å². The van der Waals surface area contributed by atoms with Crippen molar-refractivity contribution in [2.24, 2.45) is 0 Å². The maximum absolute atomic E-state index is 9.57. The highest BCUT2D eigenvalue weighted by molar-refractivity contribution is 5.47. The summed E-state index contributed by atoms with van der Waals surface area (Å²) in [5, 5.41) is 25.6. The topological polar surface area (TPSA) is 90.3 Å². The van der Waals surface area contributed by atoms with E-state index in [1.54, 1.807) is 18.5 Å². The van der Waals surface area contributed by atoms with Gasteiger partial charge in [0, 0.05) is 18.7 Å². The number of nitrogens with one attached hydrogen (secondary N) is 2. The van der Waals surface area contributed by atoms with Gasteiger partial charge < -0.3 is 20.8 Å². The van der Waals surface area contributed by atoms with E-state index in [1.165, 1.54) is 0 Å². The number of rotatable bonds is 6. The van der Waals surface area contributed by atoms with Crippen LogP contribution in [-0.2, 0) is 6.42 Å². The summed E-state index contributed by atoms with van der Waals surface area (Å²) in [7, 11) is 0. The molecule has 0 radical (unpaired) electrons. The molecule has 6 nitrogen and oxygen atoms in total. The Morgan fingerprint density at radius 3 is 2.46 bits per heavy atom. The first-order valence-electron chi connectivity index (χ1n) is 8.47. The predicted octanol–water partition coefficient (Wildman–Crippen LogP) is 2.55. The number of anilines is 2. The highest BCUT2D eigenvalue weighted by Crippen LogP contribution is 2.22. The van der Waals surface area contributed by atoms with E-state index in [1.807, 2.05) is 18.2 Å². The van der Waals surface area contributed by atoms with Crippen LogP contribution in [0.2, 0.25) is 0 Å². The van der Waals surface area contributed by atoms with Crippen molar-refractivity contribution in [3.63, 3.8) is 0 Å². The van der Waals surface area contributed by atoms with Crippen LogP contribution in [0.15, 0.2) is 36.7 Å². The van der Waals surface area contributed by atoms with Crippen LogP contribution in [0.1, 0.15) is 31.2 Å². The van der Waals surface area contributed by atoms with Gasteiger partial charge in [0.05, 0.1) is 6.10 Å². The maximum atomic E-state index is 9.57. The summed E-state index contributed by atoms with van der Waals surface area (Å²) in [4.78, 5) is 8.52. The lowest BCUT2D eigenvalue weighted by atomic mass is 9.93. The zero-order valence-corrected chi connectivity index (χ0v) is 13.7. The molecule has 0 spiro atoms. The molecule has 0 atom stereocenters. The molecule has 128 valence electrons. The largest absolute Gasteiger partial charge is 0.508 e. The Hall–Kier alpha value is -2.34. The van der Waals surface area contributed by atoms with Gasteiger partial charge in [-0.15, -0.1) is 0 Å². The van der Waals surface area contributed by atoms with Crippen molar-refractivity contribution in [1.82, 2.24) is 9.97 Å². The third-order valence-electron chi connectivity index (χ3n) is 4.37. The van der Waals surface area contributed by atoms with E-state index >= 15 is 0 Å². The molecule has 0 unspecified atom stereocenters. The third-order valence-corrected chi connectivity index (χ3v) is 4.37. The van der Waals surface area contributed by atoms with E-state index < -0.39 is 0 Å². The van der Waals surface area contributed by atoms with Crippen molar-refractivity contribution >= 4 is 11.6 Å². The summed E-state index contributed by atoms with van der Waals surface area (Å²) in [5.74, 6) is 1.90. The Bertz CT molecular complexity index is 640. The van der Waals surface area contributed by atoms with Crippen molar-refractivity contribution in [1.29, 1.82) is 0 Å². The normalized spacial score (nSPS) is 20.5. The number of aliphatic hydroxyl groups excluding tert-OH is 1. The van der Waals surface area contributed by atoms with Crippen molar-refractivity contribution < 1.29 is 10.2 Å².